The van der Waals surface area contributed by atoms with Crippen molar-refractivity contribution in [1.29, 1.82) is 0 Å². The van der Waals surface area contributed by atoms with Crippen LogP contribution in [0.25, 0.3) is 0 Å². The van der Waals surface area contributed by atoms with Gasteiger partial charge in [0.05, 0.1) is 25.4 Å². The second kappa shape index (κ2) is 51.7. The van der Waals surface area contributed by atoms with Crippen molar-refractivity contribution in [2.45, 2.75) is 296 Å². The fourth-order valence-electron chi connectivity index (χ4n) is 8.21. The van der Waals surface area contributed by atoms with E-state index in [0.29, 0.717) is 25.9 Å². The molecule has 0 radical (unpaired) electrons. The van der Waals surface area contributed by atoms with E-state index < -0.39 is 12.1 Å². The van der Waals surface area contributed by atoms with Crippen molar-refractivity contribution >= 4 is 11.9 Å². The van der Waals surface area contributed by atoms with Crippen LogP contribution in [0.15, 0.2) is 36.5 Å². The Morgan fingerprint density at radius 3 is 1.24 bits per heavy atom. The Morgan fingerprint density at radius 1 is 0.452 bits per heavy atom. The number of unbranched alkanes of at least 4 members (excludes halogenated alkanes) is 34. The van der Waals surface area contributed by atoms with Gasteiger partial charge in [0.15, 0.2) is 0 Å². The van der Waals surface area contributed by atoms with Gasteiger partial charge in [-0.25, -0.2) is 0 Å². The summed E-state index contributed by atoms with van der Waals surface area (Å²) in [5.41, 5.74) is 0. The number of amides is 1. The highest BCUT2D eigenvalue weighted by Gasteiger charge is 2.20. The van der Waals surface area contributed by atoms with Crippen LogP contribution in [0, 0.1) is 0 Å². The van der Waals surface area contributed by atoms with Gasteiger partial charge in [-0.1, -0.05) is 224 Å². The smallest absolute Gasteiger partial charge is 0.305 e. The first-order valence-corrected chi connectivity index (χ1v) is 27.3. The number of aliphatic hydroxyl groups is 2. The molecule has 0 heterocycles. The number of nitrogens with one attached hydrogen (secondary N) is 1. The molecule has 0 aliphatic rings. The molecule has 62 heavy (non-hydrogen) atoms. The van der Waals surface area contributed by atoms with Crippen LogP contribution >= 0.6 is 0 Å². The van der Waals surface area contributed by atoms with Gasteiger partial charge in [-0.05, 0) is 83.5 Å². The summed E-state index contributed by atoms with van der Waals surface area (Å²) in [6.07, 6.45) is 62.7. The molecule has 1 amide bonds. The van der Waals surface area contributed by atoms with Gasteiger partial charge in [0.1, 0.15) is 0 Å². The summed E-state index contributed by atoms with van der Waals surface area (Å²) in [4.78, 5) is 24.5. The molecule has 0 bridgehead atoms. The molecular weight excluding hydrogens is 767 g/mol. The number of allylic oxidation sites excluding steroid dienone is 6. The molecule has 0 aromatic heterocycles. The van der Waals surface area contributed by atoms with Crippen molar-refractivity contribution < 1.29 is 24.5 Å². The molecule has 0 spiro atoms. The van der Waals surface area contributed by atoms with Crippen molar-refractivity contribution in [2.75, 3.05) is 13.2 Å². The van der Waals surface area contributed by atoms with E-state index in [2.05, 4.69) is 55.6 Å². The number of carbonyl (C=O) groups excluding carboxylic acids is 2. The largest absolute Gasteiger partial charge is 0.466 e. The summed E-state index contributed by atoms with van der Waals surface area (Å²) in [5.74, 6) is -0.0836. The Kier molecular flexibility index (Phi) is 50.1. The lowest BCUT2D eigenvalue weighted by Crippen LogP contribution is -2.45. The van der Waals surface area contributed by atoms with Gasteiger partial charge in [0, 0.05) is 12.8 Å². The van der Waals surface area contributed by atoms with Crippen LogP contribution in [0.5, 0.6) is 0 Å². The second-order valence-electron chi connectivity index (χ2n) is 18.6. The number of aliphatic hydroxyl groups excluding tert-OH is 2. The first-order chi connectivity index (χ1) is 30.5. The van der Waals surface area contributed by atoms with E-state index >= 15 is 0 Å². The molecule has 6 nitrogen and oxygen atoms in total. The molecule has 0 saturated carbocycles. The average Bonchev–Trinajstić information content (AvgIpc) is 3.27. The van der Waals surface area contributed by atoms with Crippen molar-refractivity contribution in [3.63, 3.8) is 0 Å². The number of esters is 1. The first-order valence-electron chi connectivity index (χ1n) is 27.3. The second-order valence-corrected chi connectivity index (χ2v) is 18.6. The van der Waals surface area contributed by atoms with E-state index in [4.69, 9.17) is 4.74 Å². The Bertz CT molecular complexity index is 1010. The maximum absolute atomic E-state index is 12.4. The van der Waals surface area contributed by atoms with E-state index in [9.17, 15) is 19.8 Å². The van der Waals surface area contributed by atoms with Crippen LogP contribution in [0.1, 0.15) is 284 Å². The maximum Gasteiger partial charge on any atom is 0.305 e. The standard InChI is InChI=1S/C56H105NO5/c1-3-5-7-9-11-13-15-17-18-19-20-23-26-30-34-38-42-46-50-56(61)62-51-47-43-39-35-31-27-24-21-22-25-29-33-37-41-45-49-55(60)57-53(52-58)54(59)48-44-40-36-32-28-16-14-12-10-8-6-4-2/h18-19,21,24,27,31,53-54,58-59H,3-17,20,22-23,25-26,28-30,32-52H2,1-2H3,(H,57,60)/b19-18-,24-21-,31-27-. The van der Waals surface area contributed by atoms with Crippen LogP contribution in [0.4, 0.5) is 0 Å². The van der Waals surface area contributed by atoms with Crippen LogP contribution < -0.4 is 5.32 Å². The third-order valence-electron chi connectivity index (χ3n) is 12.4. The van der Waals surface area contributed by atoms with Gasteiger partial charge in [-0.3, -0.25) is 9.59 Å². The fourth-order valence-corrected chi connectivity index (χ4v) is 8.21. The van der Waals surface area contributed by atoms with Gasteiger partial charge in [0.2, 0.25) is 5.91 Å². The topological polar surface area (TPSA) is 95.9 Å². The zero-order valence-electron chi connectivity index (χ0n) is 41.4. The van der Waals surface area contributed by atoms with Gasteiger partial charge in [-0.2, -0.15) is 0 Å². The summed E-state index contributed by atoms with van der Waals surface area (Å²) in [5, 5.41) is 23.2. The molecule has 3 N–H and O–H groups in total. The third-order valence-corrected chi connectivity index (χ3v) is 12.4. The molecule has 0 aliphatic carbocycles. The number of carbonyl (C=O) groups is 2. The van der Waals surface area contributed by atoms with Gasteiger partial charge in [-0.15, -0.1) is 0 Å². The molecule has 6 heteroatoms. The Hall–Kier alpha value is -1.92. The van der Waals surface area contributed by atoms with Crippen LogP contribution in [-0.4, -0.2) is 47.4 Å². The number of ether oxygens (including phenoxy) is 1. The minimum atomic E-state index is -0.678. The molecular formula is C56H105NO5. The summed E-state index contributed by atoms with van der Waals surface area (Å²) in [6.45, 7) is 4.89. The minimum absolute atomic E-state index is 0.0250. The van der Waals surface area contributed by atoms with Gasteiger partial charge in [0.25, 0.3) is 0 Å². The molecule has 0 aliphatic heterocycles. The van der Waals surface area contributed by atoms with E-state index in [1.165, 1.54) is 173 Å². The van der Waals surface area contributed by atoms with Crippen LogP contribution in [-0.2, 0) is 14.3 Å². The van der Waals surface area contributed by atoms with E-state index in [-0.39, 0.29) is 18.5 Å². The molecule has 364 valence electrons. The number of hydrogen-bond donors (Lipinski definition) is 3. The highest BCUT2D eigenvalue weighted by molar-refractivity contribution is 5.76. The first kappa shape index (κ1) is 60.1. The highest BCUT2D eigenvalue weighted by Crippen LogP contribution is 2.16. The van der Waals surface area contributed by atoms with Gasteiger partial charge < -0.3 is 20.3 Å². The Labute approximate surface area is 385 Å². The molecule has 0 saturated heterocycles. The molecule has 0 rings (SSSR count). The summed E-state index contributed by atoms with van der Waals surface area (Å²) < 4.78 is 5.45. The predicted octanol–water partition coefficient (Wildman–Crippen LogP) is 16.5. The van der Waals surface area contributed by atoms with Crippen molar-refractivity contribution in [1.82, 2.24) is 5.32 Å². The summed E-state index contributed by atoms with van der Waals surface area (Å²) in [6, 6.07) is -0.557. The van der Waals surface area contributed by atoms with Crippen molar-refractivity contribution in [2.24, 2.45) is 0 Å². The lowest BCUT2D eigenvalue weighted by Gasteiger charge is -2.22. The van der Waals surface area contributed by atoms with E-state index in [1.54, 1.807) is 0 Å². The lowest BCUT2D eigenvalue weighted by molar-refractivity contribution is -0.143. The normalized spacial score (nSPS) is 12.9. The SMILES string of the molecule is CCCCCCCCC/C=C\CCCCCCCCCC(=O)OCCCCC/C=C\C=C/CCCCCCCCC(=O)NC(CO)C(O)CCCCCCCCCCCCCC. The van der Waals surface area contributed by atoms with Crippen molar-refractivity contribution in [3.8, 4) is 0 Å². The van der Waals surface area contributed by atoms with Crippen molar-refractivity contribution in [3.05, 3.63) is 36.5 Å². The van der Waals surface area contributed by atoms with E-state index in [1.807, 2.05) is 0 Å². The number of rotatable bonds is 50. The number of hydrogen-bond acceptors (Lipinski definition) is 5. The van der Waals surface area contributed by atoms with Gasteiger partial charge >= 0.3 is 5.97 Å². The van der Waals surface area contributed by atoms with E-state index in [0.717, 1.165) is 77.0 Å². The maximum atomic E-state index is 12.4. The summed E-state index contributed by atoms with van der Waals surface area (Å²) >= 11 is 0. The Morgan fingerprint density at radius 2 is 0.806 bits per heavy atom. The summed E-state index contributed by atoms with van der Waals surface area (Å²) in [7, 11) is 0. The fraction of sp³-hybridized carbons (Fsp3) is 0.857. The molecule has 2 unspecified atom stereocenters. The molecule has 0 fully saturated rings. The molecule has 2 atom stereocenters. The van der Waals surface area contributed by atoms with Crippen LogP contribution in [0.3, 0.4) is 0 Å². The highest BCUT2D eigenvalue weighted by atomic mass is 16.5. The average molecular weight is 872 g/mol. The molecule has 0 aromatic rings. The molecule has 0 aromatic carbocycles. The van der Waals surface area contributed by atoms with Crippen LogP contribution in [0.2, 0.25) is 0 Å². The quantitative estimate of drug-likeness (QED) is 0.0245. The predicted molar refractivity (Wildman–Crippen MR) is 269 cm³/mol. The zero-order valence-corrected chi connectivity index (χ0v) is 41.4. The third kappa shape index (κ3) is 47.6. The Balaban J connectivity index is 3.50. The monoisotopic (exact) mass is 872 g/mol. The lowest BCUT2D eigenvalue weighted by atomic mass is 10.0. The zero-order chi connectivity index (χ0) is 45.1. The minimum Gasteiger partial charge on any atom is -0.466 e.